The standard InChI is InChI=1S/C17H31N3O4S.C7H14.C7H8.C3H5F3.C2H6/c1-4-5-15(20-16(22)8-10-25(24)11-9-18)17(23)19-12-14(21)7-6-13(2)3;2*1-7-5-3-2-4-6-7;1-2-3(4,5)6;1-2/h1,13-15,21H,5-12,18H2,2-3H3,(H,19,23)(H,20,22);7H,2-6H2,1H3;2-6H,1H3;2H2,1H3;1-2H3/t14?,15-,25?;;;;/m0..../s1. The van der Waals surface area contributed by atoms with Crippen molar-refractivity contribution in [1.82, 2.24) is 10.6 Å². The topological polar surface area (TPSA) is 122 Å². The highest BCUT2D eigenvalue weighted by molar-refractivity contribution is 7.85. The highest BCUT2D eigenvalue weighted by Crippen LogP contribution is 2.22. The summed E-state index contributed by atoms with van der Waals surface area (Å²) < 4.78 is 43.8. The van der Waals surface area contributed by atoms with Gasteiger partial charge >= 0.3 is 6.18 Å². The Bertz CT molecular complexity index is 951. The van der Waals surface area contributed by atoms with Gasteiger partial charge in [0.05, 0.1) is 6.10 Å². The van der Waals surface area contributed by atoms with Gasteiger partial charge < -0.3 is 21.5 Å². The molecule has 0 aromatic heterocycles. The van der Waals surface area contributed by atoms with Crippen LogP contribution in [0.4, 0.5) is 13.2 Å². The summed E-state index contributed by atoms with van der Waals surface area (Å²) in [4.78, 5) is 24.0. The maximum Gasteiger partial charge on any atom is 0.388 e. The molecule has 11 heteroatoms. The van der Waals surface area contributed by atoms with Crippen molar-refractivity contribution in [1.29, 1.82) is 0 Å². The summed E-state index contributed by atoms with van der Waals surface area (Å²) in [6.45, 7) is 14.1. The summed E-state index contributed by atoms with van der Waals surface area (Å²) in [7, 11) is -1.15. The number of terminal acetylenes is 1. The van der Waals surface area contributed by atoms with E-state index in [1.165, 1.54) is 37.7 Å². The average molecular weight is 692 g/mol. The smallest absolute Gasteiger partial charge is 0.388 e. The van der Waals surface area contributed by atoms with Gasteiger partial charge in [0.25, 0.3) is 0 Å². The fourth-order valence-corrected chi connectivity index (χ4v) is 4.72. The van der Waals surface area contributed by atoms with E-state index in [-0.39, 0.29) is 31.0 Å². The number of hydrogen-bond acceptors (Lipinski definition) is 5. The van der Waals surface area contributed by atoms with E-state index < -0.39 is 41.4 Å². The molecule has 1 aromatic rings. The van der Waals surface area contributed by atoms with Crippen molar-refractivity contribution in [2.75, 3.05) is 24.6 Å². The van der Waals surface area contributed by atoms with E-state index in [9.17, 15) is 32.1 Å². The van der Waals surface area contributed by atoms with Crippen molar-refractivity contribution in [3.63, 3.8) is 0 Å². The molecule has 1 aromatic carbocycles. The molecular formula is C36H64F3N3O4S. The molecule has 1 saturated carbocycles. The second-order valence-corrected chi connectivity index (χ2v) is 13.3. The number of hydrogen-bond donors (Lipinski definition) is 4. The molecular weight excluding hydrogens is 627 g/mol. The maximum absolute atomic E-state index is 12.1. The van der Waals surface area contributed by atoms with E-state index >= 15 is 0 Å². The van der Waals surface area contributed by atoms with Gasteiger partial charge in [-0.15, -0.1) is 12.3 Å². The van der Waals surface area contributed by atoms with E-state index in [1.807, 2.05) is 32.0 Å². The summed E-state index contributed by atoms with van der Waals surface area (Å²) in [6, 6.07) is 9.40. The lowest BCUT2D eigenvalue weighted by molar-refractivity contribution is -0.130. The van der Waals surface area contributed by atoms with Crippen LogP contribution in [-0.4, -0.2) is 64.0 Å². The number of carbonyl (C=O) groups is 2. The molecule has 7 nitrogen and oxygen atoms in total. The number of aliphatic hydroxyl groups excluding tert-OH is 1. The second-order valence-electron chi connectivity index (χ2n) is 11.7. The molecule has 5 N–H and O–H groups in total. The van der Waals surface area contributed by atoms with Gasteiger partial charge in [0, 0.05) is 54.7 Å². The van der Waals surface area contributed by atoms with Crippen molar-refractivity contribution in [3.8, 4) is 12.3 Å². The lowest BCUT2D eigenvalue weighted by atomic mass is 9.91. The van der Waals surface area contributed by atoms with Crippen molar-refractivity contribution in [3.05, 3.63) is 35.9 Å². The van der Waals surface area contributed by atoms with Gasteiger partial charge in [-0.25, -0.2) is 0 Å². The SMILES string of the molecule is C#CC[C@H](NC(=O)CCS(=O)CCN)C(=O)NCC(O)CCC(C)C.CC.CC1CCCCC1.CCC(F)(F)F.Cc1ccccc1. The van der Waals surface area contributed by atoms with E-state index in [1.54, 1.807) is 0 Å². The van der Waals surface area contributed by atoms with Crippen LogP contribution in [0.2, 0.25) is 0 Å². The predicted molar refractivity (Wildman–Crippen MR) is 191 cm³/mol. The molecule has 2 amide bonds. The Hall–Kier alpha value is -2.42. The van der Waals surface area contributed by atoms with E-state index in [4.69, 9.17) is 12.2 Å². The Morgan fingerprint density at radius 3 is 2.02 bits per heavy atom. The van der Waals surface area contributed by atoms with Gasteiger partial charge in [-0.3, -0.25) is 13.8 Å². The molecule has 2 unspecified atom stereocenters. The third-order valence-corrected chi connectivity index (χ3v) is 8.05. The number of halogens is 3. The Morgan fingerprint density at radius 1 is 1.09 bits per heavy atom. The highest BCUT2D eigenvalue weighted by Gasteiger charge is 2.23. The van der Waals surface area contributed by atoms with Gasteiger partial charge in [0.2, 0.25) is 11.8 Å². The van der Waals surface area contributed by atoms with Crippen LogP contribution in [0, 0.1) is 31.1 Å². The van der Waals surface area contributed by atoms with Crippen LogP contribution in [0.1, 0.15) is 111 Å². The van der Waals surface area contributed by atoms with Crippen LogP contribution < -0.4 is 16.4 Å². The Balaban J connectivity index is -0.000000697. The van der Waals surface area contributed by atoms with Crippen LogP contribution in [0.25, 0.3) is 0 Å². The fraction of sp³-hybridized carbons (Fsp3) is 0.722. The maximum atomic E-state index is 12.1. The van der Waals surface area contributed by atoms with Gasteiger partial charge in [-0.2, -0.15) is 13.2 Å². The highest BCUT2D eigenvalue weighted by atomic mass is 32.2. The Labute approximate surface area is 286 Å². The zero-order chi connectivity index (χ0) is 36.7. The fourth-order valence-electron chi connectivity index (χ4n) is 3.84. The lowest BCUT2D eigenvalue weighted by Gasteiger charge is -2.18. The Morgan fingerprint density at radius 2 is 1.64 bits per heavy atom. The first-order valence-corrected chi connectivity index (χ1v) is 18.5. The quantitative estimate of drug-likeness (QED) is 0.165. The molecule has 47 heavy (non-hydrogen) atoms. The monoisotopic (exact) mass is 691 g/mol. The average Bonchev–Trinajstić information content (AvgIpc) is 3.04. The van der Waals surface area contributed by atoms with Crippen LogP contribution >= 0.6 is 0 Å². The summed E-state index contributed by atoms with van der Waals surface area (Å²) in [5.74, 6) is 3.58. The summed E-state index contributed by atoms with van der Waals surface area (Å²) >= 11 is 0. The summed E-state index contributed by atoms with van der Waals surface area (Å²) in [5.41, 5.74) is 6.62. The summed E-state index contributed by atoms with van der Waals surface area (Å²) in [6.07, 6.45) is 8.91. The van der Waals surface area contributed by atoms with Crippen molar-refractivity contribution in [2.24, 2.45) is 17.6 Å². The first kappa shape index (κ1) is 49.0. The van der Waals surface area contributed by atoms with Gasteiger partial charge in [0.15, 0.2) is 0 Å². The number of aryl methyl sites for hydroxylation is 1. The molecule has 2 rings (SSSR count). The van der Waals surface area contributed by atoms with Gasteiger partial charge in [0.1, 0.15) is 6.04 Å². The number of nitrogens with one attached hydrogen (secondary N) is 2. The van der Waals surface area contributed by atoms with Crippen LogP contribution in [0.15, 0.2) is 30.3 Å². The first-order valence-electron chi connectivity index (χ1n) is 17.0. The zero-order valence-corrected chi connectivity index (χ0v) is 30.8. The molecule has 0 radical (unpaired) electrons. The molecule has 0 saturated heterocycles. The number of amides is 2. The van der Waals surface area contributed by atoms with Crippen molar-refractivity contribution < 1.29 is 32.1 Å². The molecule has 1 aliphatic rings. The van der Waals surface area contributed by atoms with E-state index in [0.29, 0.717) is 24.6 Å². The zero-order valence-electron chi connectivity index (χ0n) is 30.0. The molecule has 3 atom stereocenters. The number of rotatable bonds is 13. The van der Waals surface area contributed by atoms with Crippen molar-refractivity contribution in [2.45, 2.75) is 131 Å². The van der Waals surface area contributed by atoms with Gasteiger partial charge in [-0.05, 0) is 31.6 Å². The molecule has 0 heterocycles. The third kappa shape index (κ3) is 36.3. The molecule has 1 fully saturated rings. The number of carbonyl (C=O) groups excluding carboxylic acids is 2. The molecule has 0 aliphatic heterocycles. The minimum absolute atomic E-state index is 0.0397. The number of benzene rings is 1. The molecule has 0 bridgehead atoms. The van der Waals surface area contributed by atoms with E-state index in [0.717, 1.165) is 19.3 Å². The predicted octanol–water partition coefficient (Wildman–Crippen LogP) is 7.07. The number of nitrogens with two attached hydrogens (primary N) is 1. The lowest BCUT2D eigenvalue weighted by Crippen LogP contribution is -2.48. The molecule has 0 spiro atoms. The number of alkyl halides is 3. The number of aliphatic hydroxyl groups is 1. The third-order valence-electron chi connectivity index (χ3n) is 6.70. The van der Waals surface area contributed by atoms with Gasteiger partial charge in [-0.1, -0.05) is 110 Å². The second kappa shape index (κ2) is 32.1. The first-order chi connectivity index (χ1) is 22.1. The van der Waals surface area contributed by atoms with Crippen LogP contribution in [0.3, 0.4) is 0 Å². The van der Waals surface area contributed by atoms with Crippen molar-refractivity contribution >= 4 is 22.6 Å². The molecule has 1 aliphatic carbocycles. The normalized spacial score (nSPS) is 14.4. The molecule has 274 valence electrons. The Kier molecular flexibility index (Phi) is 33.5. The summed E-state index contributed by atoms with van der Waals surface area (Å²) in [5, 5.41) is 15.0. The minimum atomic E-state index is -3.96. The minimum Gasteiger partial charge on any atom is -0.391 e. The van der Waals surface area contributed by atoms with E-state index in [2.05, 4.69) is 56.4 Å². The van der Waals surface area contributed by atoms with Crippen LogP contribution in [-0.2, 0) is 20.4 Å². The largest absolute Gasteiger partial charge is 0.391 e. The van der Waals surface area contributed by atoms with Crippen LogP contribution in [0.5, 0.6) is 0 Å².